The van der Waals surface area contributed by atoms with Crippen LogP contribution in [0, 0.1) is 7.14 Å². The molecule has 0 spiro atoms. The minimum Gasteiger partial charge on any atom is -0.294 e. The predicted molar refractivity (Wildman–Crippen MR) is 86.4 cm³/mol. The molecule has 86 valence electrons. The monoisotopic (exact) mass is 448 g/mol. The van der Waals surface area contributed by atoms with Crippen molar-refractivity contribution in [2.45, 2.75) is 6.42 Å². The van der Waals surface area contributed by atoms with Gasteiger partial charge in [0.05, 0.1) is 0 Å². The van der Waals surface area contributed by atoms with Crippen LogP contribution in [-0.2, 0) is 6.42 Å². The van der Waals surface area contributed by atoms with E-state index in [-0.39, 0.29) is 5.78 Å². The maximum absolute atomic E-state index is 12.0. The summed E-state index contributed by atoms with van der Waals surface area (Å²) in [6, 6.07) is 15.8. The number of benzene rings is 2. The number of hydrogen-bond donors (Lipinski definition) is 0. The lowest BCUT2D eigenvalue weighted by molar-refractivity contribution is 0.0993. The third kappa shape index (κ3) is 3.77. The van der Waals surface area contributed by atoms with E-state index in [4.69, 9.17) is 0 Å². The van der Waals surface area contributed by atoms with Gasteiger partial charge in [-0.2, -0.15) is 0 Å². The van der Waals surface area contributed by atoms with Crippen molar-refractivity contribution < 1.29 is 4.79 Å². The van der Waals surface area contributed by atoms with Gasteiger partial charge in [-0.3, -0.25) is 4.79 Å². The summed E-state index contributed by atoms with van der Waals surface area (Å²) in [4.78, 5) is 12.0. The molecule has 0 aliphatic rings. The lowest BCUT2D eigenvalue weighted by Gasteiger charge is -2.02. The largest absolute Gasteiger partial charge is 0.294 e. The highest BCUT2D eigenvalue weighted by Crippen LogP contribution is 2.12. The predicted octanol–water partition coefficient (Wildman–Crippen LogP) is 4.32. The highest BCUT2D eigenvalue weighted by molar-refractivity contribution is 14.1. The highest BCUT2D eigenvalue weighted by Gasteiger charge is 2.06. The molecule has 0 unspecified atom stereocenters. The summed E-state index contributed by atoms with van der Waals surface area (Å²) in [5.41, 5.74) is 1.85. The van der Waals surface area contributed by atoms with Gasteiger partial charge in [0.1, 0.15) is 0 Å². The van der Waals surface area contributed by atoms with Gasteiger partial charge in [-0.15, -0.1) is 0 Å². The van der Waals surface area contributed by atoms with Gasteiger partial charge in [0.15, 0.2) is 5.78 Å². The van der Waals surface area contributed by atoms with Crippen LogP contribution in [0.15, 0.2) is 48.5 Å². The van der Waals surface area contributed by atoms with E-state index >= 15 is 0 Å². The van der Waals surface area contributed by atoms with E-state index in [9.17, 15) is 4.79 Å². The van der Waals surface area contributed by atoms with Gasteiger partial charge < -0.3 is 0 Å². The van der Waals surface area contributed by atoms with Crippen LogP contribution in [0.1, 0.15) is 15.9 Å². The average Bonchev–Trinajstić information content (AvgIpc) is 2.33. The number of hydrogen-bond acceptors (Lipinski definition) is 1. The average molecular weight is 448 g/mol. The summed E-state index contributed by atoms with van der Waals surface area (Å²) in [5.74, 6) is 0.169. The van der Waals surface area contributed by atoms with E-state index < -0.39 is 0 Å². The molecule has 3 heteroatoms. The van der Waals surface area contributed by atoms with E-state index in [1.807, 2.05) is 48.5 Å². The van der Waals surface area contributed by atoms with Gasteiger partial charge in [0.2, 0.25) is 0 Å². The first-order valence-electron chi connectivity index (χ1n) is 5.18. The lowest BCUT2D eigenvalue weighted by Crippen LogP contribution is -2.03. The molecule has 0 heterocycles. The molecule has 2 aromatic carbocycles. The number of halogens is 2. The van der Waals surface area contributed by atoms with Crippen LogP contribution >= 0.6 is 45.2 Å². The second-order valence-electron chi connectivity index (χ2n) is 3.73. The second kappa shape index (κ2) is 5.95. The first-order valence-corrected chi connectivity index (χ1v) is 7.34. The van der Waals surface area contributed by atoms with Crippen LogP contribution in [0.3, 0.4) is 0 Å². The lowest BCUT2D eigenvalue weighted by atomic mass is 10.0. The molecule has 17 heavy (non-hydrogen) atoms. The number of carbonyl (C=O) groups is 1. The fourth-order valence-electron chi connectivity index (χ4n) is 1.53. The molecule has 0 saturated heterocycles. The minimum absolute atomic E-state index is 0.169. The summed E-state index contributed by atoms with van der Waals surface area (Å²) in [6.07, 6.45) is 0.470. The van der Waals surface area contributed by atoms with Gasteiger partial charge in [-0.1, -0.05) is 24.3 Å². The molecule has 0 fully saturated rings. The number of carbonyl (C=O) groups excluding carboxylic acids is 1. The highest BCUT2D eigenvalue weighted by atomic mass is 127. The van der Waals surface area contributed by atoms with Gasteiger partial charge in [0.25, 0.3) is 0 Å². The zero-order chi connectivity index (χ0) is 12.3. The maximum Gasteiger partial charge on any atom is 0.167 e. The molecular weight excluding hydrogens is 438 g/mol. The summed E-state index contributed by atoms with van der Waals surface area (Å²) in [6.45, 7) is 0. The molecule has 0 radical (unpaired) electrons. The van der Waals surface area contributed by atoms with E-state index in [1.54, 1.807) is 0 Å². The zero-order valence-electron chi connectivity index (χ0n) is 8.99. The van der Waals surface area contributed by atoms with Gasteiger partial charge in [0, 0.05) is 19.1 Å². The first-order chi connectivity index (χ1) is 8.15. The van der Waals surface area contributed by atoms with E-state index in [0.29, 0.717) is 6.42 Å². The molecule has 0 amide bonds. The third-order valence-corrected chi connectivity index (χ3v) is 3.88. The fourth-order valence-corrected chi connectivity index (χ4v) is 2.24. The Hall–Kier alpha value is -0.430. The normalized spacial score (nSPS) is 10.2. The van der Waals surface area contributed by atoms with Gasteiger partial charge in [-0.05, 0) is 75.0 Å². The van der Waals surface area contributed by atoms with Crippen LogP contribution in [-0.4, -0.2) is 5.78 Å². The van der Waals surface area contributed by atoms with Crippen molar-refractivity contribution in [3.8, 4) is 0 Å². The minimum atomic E-state index is 0.169. The van der Waals surface area contributed by atoms with Crippen molar-refractivity contribution in [1.82, 2.24) is 0 Å². The van der Waals surface area contributed by atoms with Crippen molar-refractivity contribution in [3.63, 3.8) is 0 Å². The van der Waals surface area contributed by atoms with Crippen molar-refractivity contribution in [1.29, 1.82) is 0 Å². The molecule has 1 nitrogen and oxygen atoms in total. The van der Waals surface area contributed by atoms with E-state index in [0.717, 1.165) is 14.7 Å². The summed E-state index contributed by atoms with van der Waals surface area (Å²) in [7, 11) is 0. The number of ketones is 1. The Morgan fingerprint density at radius 1 is 0.824 bits per heavy atom. The molecule has 2 rings (SSSR count). The second-order valence-corrected chi connectivity index (χ2v) is 6.22. The van der Waals surface area contributed by atoms with Crippen LogP contribution < -0.4 is 0 Å². The standard InChI is InChI=1S/C14H10I2O/c15-12-5-1-10(2-6-12)9-14(17)11-3-7-13(16)8-4-11/h1-8H,9H2. The Bertz CT molecular complexity index is 515. The summed E-state index contributed by atoms with van der Waals surface area (Å²) in [5, 5.41) is 0. The Morgan fingerprint density at radius 3 is 1.82 bits per heavy atom. The molecule has 0 N–H and O–H groups in total. The van der Waals surface area contributed by atoms with Crippen LogP contribution in [0.2, 0.25) is 0 Å². The number of Topliss-reactive ketones (excluding diaryl/α,β-unsaturated/α-hetero) is 1. The maximum atomic E-state index is 12.0. The molecule has 0 aliphatic carbocycles. The Labute approximate surface area is 128 Å². The Balaban J connectivity index is 2.11. The fraction of sp³-hybridized carbons (Fsp3) is 0.0714. The van der Waals surface area contributed by atoms with Crippen molar-refractivity contribution in [3.05, 3.63) is 66.8 Å². The summed E-state index contributed by atoms with van der Waals surface area (Å²) < 4.78 is 2.33. The van der Waals surface area contributed by atoms with Crippen LogP contribution in [0.4, 0.5) is 0 Å². The van der Waals surface area contributed by atoms with E-state index in [2.05, 4.69) is 45.2 Å². The molecule has 0 aromatic heterocycles. The first kappa shape index (κ1) is 13.0. The smallest absolute Gasteiger partial charge is 0.167 e. The molecular formula is C14H10I2O. The number of rotatable bonds is 3. The van der Waals surface area contributed by atoms with Crippen molar-refractivity contribution >= 4 is 51.0 Å². The summed E-state index contributed by atoms with van der Waals surface area (Å²) >= 11 is 4.49. The van der Waals surface area contributed by atoms with Crippen molar-refractivity contribution in [2.75, 3.05) is 0 Å². The molecule has 2 aromatic rings. The Kier molecular flexibility index (Phi) is 4.55. The molecule has 0 atom stereocenters. The topological polar surface area (TPSA) is 17.1 Å². The van der Waals surface area contributed by atoms with Gasteiger partial charge >= 0.3 is 0 Å². The zero-order valence-corrected chi connectivity index (χ0v) is 13.3. The van der Waals surface area contributed by atoms with Crippen LogP contribution in [0.25, 0.3) is 0 Å². The molecule has 0 saturated carbocycles. The van der Waals surface area contributed by atoms with Crippen molar-refractivity contribution in [2.24, 2.45) is 0 Å². The SMILES string of the molecule is O=C(Cc1ccc(I)cc1)c1ccc(I)cc1. The molecule has 0 bridgehead atoms. The van der Waals surface area contributed by atoms with E-state index in [1.165, 1.54) is 3.57 Å². The quantitative estimate of drug-likeness (QED) is 0.505. The van der Waals surface area contributed by atoms with Crippen LogP contribution in [0.5, 0.6) is 0 Å². The third-order valence-electron chi connectivity index (χ3n) is 2.44. The Morgan fingerprint density at radius 2 is 1.29 bits per heavy atom. The van der Waals surface area contributed by atoms with Gasteiger partial charge in [-0.25, -0.2) is 0 Å². The molecule has 0 aliphatic heterocycles.